The molecule has 0 bridgehead atoms. The minimum Gasteiger partial charge on any atom is -0.372 e. The number of nitrogens with two attached hydrogens (primary N) is 1. The van der Waals surface area contributed by atoms with Gasteiger partial charge >= 0.3 is 0 Å². The van der Waals surface area contributed by atoms with Gasteiger partial charge in [-0.3, -0.25) is 0 Å². The van der Waals surface area contributed by atoms with Gasteiger partial charge in [-0.05, 0) is 55.2 Å². The van der Waals surface area contributed by atoms with E-state index >= 15 is 0 Å². The summed E-state index contributed by atoms with van der Waals surface area (Å²) in [7, 11) is 0. The number of hydrogen-bond donors (Lipinski definition) is 1. The van der Waals surface area contributed by atoms with Gasteiger partial charge in [0.1, 0.15) is 0 Å². The number of nitrogens with zero attached hydrogens (tertiary/aromatic N) is 2. The van der Waals surface area contributed by atoms with Crippen molar-refractivity contribution >= 4 is 23.5 Å². The van der Waals surface area contributed by atoms with Crippen LogP contribution in [0.15, 0.2) is 48.5 Å². The number of hydrogen-bond acceptors (Lipinski definition) is 3. The van der Waals surface area contributed by atoms with Gasteiger partial charge in [0.2, 0.25) is 0 Å². The maximum atomic E-state index is 5.71. The Morgan fingerprint density at radius 2 is 1.10 bits per heavy atom. The Morgan fingerprint density at radius 3 is 1.48 bits per heavy atom. The van der Waals surface area contributed by atoms with Gasteiger partial charge in [-0.15, -0.1) is 0 Å². The molecule has 0 fully saturated rings. The average Bonchev–Trinajstić information content (AvgIpc) is 2.77. The van der Waals surface area contributed by atoms with E-state index < -0.39 is 0 Å². The van der Waals surface area contributed by atoms with Crippen molar-refractivity contribution in [3.63, 3.8) is 0 Å². The van der Waals surface area contributed by atoms with Crippen molar-refractivity contribution in [2.75, 3.05) is 42.5 Å². The summed E-state index contributed by atoms with van der Waals surface area (Å²) in [5.41, 5.74) is 10.7. The van der Waals surface area contributed by atoms with Crippen molar-refractivity contribution in [1.82, 2.24) is 0 Å². The van der Waals surface area contributed by atoms with Gasteiger partial charge in [-0.2, -0.15) is 0 Å². The van der Waals surface area contributed by atoms with Gasteiger partial charge in [0, 0.05) is 44.1 Å². The lowest BCUT2D eigenvalue weighted by Gasteiger charge is -2.24. The quantitative estimate of drug-likeness (QED) is 0.421. The van der Waals surface area contributed by atoms with Crippen molar-refractivity contribution in [2.45, 2.75) is 46.5 Å². The predicted molar refractivity (Wildman–Crippen MR) is 131 cm³/mol. The standard InChI is InChI=1S/C26H39N3/c1-4-7-20-29(21-8-5-2)26-17-13-24(14-18-26)10-9-23-11-15-25(16-12-23)28(6-3)22-19-27/h9-18H,4-8,19-22,27H2,1-3H3/b10-9+. The molecule has 0 amide bonds. The van der Waals surface area contributed by atoms with Gasteiger partial charge < -0.3 is 15.5 Å². The molecule has 2 aromatic carbocycles. The van der Waals surface area contributed by atoms with E-state index in [9.17, 15) is 0 Å². The van der Waals surface area contributed by atoms with Crippen LogP contribution < -0.4 is 15.5 Å². The second kappa shape index (κ2) is 13.1. The van der Waals surface area contributed by atoms with E-state index in [0.29, 0.717) is 6.54 Å². The van der Waals surface area contributed by atoms with E-state index in [1.165, 1.54) is 48.2 Å². The molecule has 0 aromatic heterocycles. The highest BCUT2D eigenvalue weighted by molar-refractivity contribution is 5.71. The molecule has 0 saturated carbocycles. The summed E-state index contributed by atoms with van der Waals surface area (Å²) < 4.78 is 0. The SMILES string of the molecule is CCCCN(CCCC)c1ccc(/C=C/c2ccc(N(CC)CCN)cc2)cc1. The first-order chi connectivity index (χ1) is 14.2. The molecule has 0 atom stereocenters. The number of likely N-dealkylation sites (N-methyl/N-ethyl adjacent to an activating group) is 1. The summed E-state index contributed by atoms with van der Waals surface area (Å²) in [6.45, 7) is 11.5. The Morgan fingerprint density at radius 1 is 0.655 bits per heavy atom. The van der Waals surface area contributed by atoms with Crippen LogP contribution in [0, 0.1) is 0 Å². The summed E-state index contributed by atoms with van der Waals surface area (Å²) in [6.07, 6.45) is 9.36. The molecule has 158 valence electrons. The van der Waals surface area contributed by atoms with E-state index in [1.54, 1.807) is 0 Å². The Kier molecular flexibility index (Phi) is 10.4. The van der Waals surface area contributed by atoms with Gasteiger partial charge in [-0.25, -0.2) is 0 Å². The van der Waals surface area contributed by atoms with Gasteiger partial charge in [-0.1, -0.05) is 63.1 Å². The van der Waals surface area contributed by atoms with Crippen molar-refractivity contribution in [2.24, 2.45) is 5.73 Å². The zero-order chi connectivity index (χ0) is 20.9. The fourth-order valence-corrected chi connectivity index (χ4v) is 3.48. The molecule has 3 heteroatoms. The molecule has 0 saturated heterocycles. The van der Waals surface area contributed by atoms with Crippen LogP contribution in [0.5, 0.6) is 0 Å². The lowest BCUT2D eigenvalue weighted by atomic mass is 10.1. The van der Waals surface area contributed by atoms with Crippen LogP contribution in [-0.4, -0.2) is 32.7 Å². The van der Waals surface area contributed by atoms with E-state index in [4.69, 9.17) is 5.73 Å². The first-order valence-electron chi connectivity index (χ1n) is 11.3. The molecular weight excluding hydrogens is 354 g/mol. The molecule has 29 heavy (non-hydrogen) atoms. The van der Waals surface area contributed by atoms with Gasteiger partial charge in [0.05, 0.1) is 0 Å². The van der Waals surface area contributed by atoms with Crippen LogP contribution in [-0.2, 0) is 0 Å². The van der Waals surface area contributed by atoms with Crippen molar-refractivity contribution in [1.29, 1.82) is 0 Å². The first kappa shape index (κ1) is 23.0. The van der Waals surface area contributed by atoms with Crippen LogP contribution in [0.2, 0.25) is 0 Å². The first-order valence-corrected chi connectivity index (χ1v) is 11.3. The maximum Gasteiger partial charge on any atom is 0.0366 e. The summed E-state index contributed by atoms with van der Waals surface area (Å²) in [4.78, 5) is 4.83. The number of anilines is 2. The molecule has 2 aromatic rings. The third-order valence-electron chi connectivity index (χ3n) is 5.33. The lowest BCUT2D eigenvalue weighted by Crippen LogP contribution is -2.28. The highest BCUT2D eigenvalue weighted by atomic mass is 15.1. The minimum absolute atomic E-state index is 0.680. The van der Waals surface area contributed by atoms with E-state index in [0.717, 1.165) is 26.2 Å². The fourth-order valence-electron chi connectivity index (χ4n) is 3.48. The van der Waals surface area contributed by atoms with E-state index in [2.05, 4.69) is 91.3 Å². The van der Waals surface area contributed by atoms with Gasteiger partial charge in [0.15, 0.2) is 0 Å². The molecule has 0 aliphatic rings. The molecule has 3 nitrogen and oxygen atoms in total. The van der Waals surface area contributed by atoms with Crippen LogP contribution in [0.4, 0.5) is 11.4 Å². The molecule has 2 rings (SSSR count). The topological polar surface area (TPSA) is 32.5 Å². The fraction of sp³-hybridized carbons (Fsp3) is 0.462. The third-order valence-corrected chi connectivity index (χ3v) is 5.33. The number of benzene rings is 2. The second-order valence-corrected chi connectivity index (χ2v) is 7.58. The maximum absolute atomic E-state index is 5.71. The van der Waals surface area contributed by atoms with Crippen molar-refractivity contribution < 1.29 is 0 Å². The van der Waals surface area contributed by atoms with E-state index in [-0.39, 0.29) is 0 Å². The Labute approximate surface area is 178 Å². The number of unbranched alkanes of at least 4 members (excludes halogenated alkanes) is 2. The Balaban J connectivity index is 2.01. The van der Waals surface area contributed by atoms with Crippen LogP contribution in [0.1, 0.15) is 57.6 Å². The molecule has 0 radical (unpaired) electrons. The molecule has 0 aliphatic heterocycles. The molecular formula is C26H39N3. The molecule has 0 heterocycles. The lowest BCUT2D eigenvalue weighted by molar-refractivity contribution is 0.678. The molecule has 0 aliphatic carbocycles. The highest BCUT2D eigenvalue weighted by Crippen LogP contribution is 2.20. The highest BCUT2D eigenvalue weighted by Gasteiger charge is 2.05. The Bertz CT molecular complexity index is 696. The molecule has 0 spiro atoms. The van der Waals surface area contributed by atoms with Gasteiger partial charge in [0.25, 0.3) is 0 Å². The van der Waals surface area contributed by atoms with Crippen molar-refractivity contribution in [3.8, 4) is 0 Å². The summed E-state index contributed by atoms with van der Waals surface area (Å²) in [5, 5.41) is 0. The number of rotatable bonds is 13. The third kappa shape index (κ3) is 7.58. The van der Waals surface area contributed by atoms with Crippen LogP contribution >= 0.6 is 0 Å². The zero-order valence-corrected chi connectivity index (χ0v) is 18.6. The smallest absolute Gasteiger partial charge is 0.0366 e. The summed E-state index contributed by atoms with van der Waals surface area (Å²) in [6, 6.07) is 17.7. The monoisotopic (exact) mass is 393 g/mol. The Hall–Kier alpha value is -2.26. The zero-order valence-electron chi connectivity index (χ0n) is 18.6. The van der Waals surface area contributed by atoms with Crippen LogP contribution in [0.3, 0.4) is 0 Å². The summed E-state index contributed by atoms with van der Waals surface area (Å²) >= 11 is 0. The van der Waals surface area contributed by atoms with E-state index in [1.807, 2.05) is 0 Å². The van der Waals surface area contributed by atoms with Crippen molar-refractivity contribution in [3.05, 3.63) is 59.7 Å². The predicted octanol–water partition coefficient (Wildman–Crippen LogP) is 6.05. The normalized spacial score (nSPS) is 11.2. The minimum atomic E-state index is 0.680. The molecule has 0 unspecified atom stereocenters. The largest absolute Gasteiger partial charge is 0.372 e. The average molecular weight is 394 g/mol. The molecule has 2 N–H and O–H groups in total. The van der Waals surface area contributed by atoms with Crippen LogP contribution in [0.25, 0.3) is 12.2 Å². The second-order valence-electron chi connectivity index (χ2n) is 7.58. The summed E-state index contributed by atoms with van der Waals surface area (Å²) in [5.74, 6) is 0.